The van der Waals surface area contributed by atoms with Crippen LogP contribution in [0.5, 0.6) is 5.75 Å². The van der Waals surface area contributed by atoms with Crippen molar-refractivity contribution < 1.29 is 18.7 Å². The SMILES string of the molecule is CCOC(=O)CCc1c(C)c2ccc(OCC=C(C)C)cc2oc1=O. The summed E-state index contributed by atoms with van der Waals surface area (Å²) in [5.41, 5.74) is 2.58. The van der Waals surface area contributed by atoms with Crippen molar-refractivity contribution in [1.29, 1.82) is 0 Å². The van der Waals surface area contributed by atoms with Crippen molar-refractivity contribution in [2.24, 2.45) is 0 Å². The molecule has 25 heavy (non-hydrogen) atoms. The van der Waals surface area contributed by atoms with E-state index in [0.29, 0.717) is 36.5 Å². The Morgan fingerprint density at radius 2 is 2.04 bits per heavy atom. The van der Waals surface area contributed by atoms with Gasteiger partial charge < -0.3 is 13.9 Å². The second-order valence-electron chi connectivity index (χ2n) is 6.05. The summed E-state index contributed by atoms with van der Waals surface area (Å²) >= 11 is 0. The minimum Gasteiger partial charge on any atom is -0.489 e. The third-order valence-electron chi connectivity index (χ3n) is 3.88. The van der Waals surface area contributed by atoms with Crippen LogP contribution in [0.1, 0.15) is 38.3 Å². The summed E-state index contributed by atoms with van der Waals surface area (Å²) in [6.45, 7) is 8.43. The molecule has 0 bridgehead atoms. The molecule has 0 N–H and O–H groups in total. The van der Waals surface area contributed by atoms with E-state index >= 15 is 0 Å². The quantitative estimate of drug-likeness (QED) is 0.432. The average molecular weight is 344 g/mol. The summed E-state index contributed by atoms with van der Waals surface area (Å²) in [6.07, 6.45) is 2.45. The highest BCUT2D eigenvalue weighted by Crippen LogP contribution is 2.24. The third-order valence-corrected chi connectivity index (χ3v) is 3.88. The summed E-state index contributed by atoms with van der Waals surface area (Å²) in [5.74, 6) is 0.330. The molecule has 5 nitrogen and oxygen atoms in total. The van der Waals surface area contributed by atoms with Crippen molar-refractivity contribution in [3.8, 4) is 5.75 Å². The number of aryl methyl sites for hydroxylation is 1. The predicted molar refractivity (Wildman–Crippen MR) is 97.1 cm³/mol. The highest BCUT2D eigenvalue weighted by atomic mass is 16.5. The van der Waals surface area contributed by atoms with Crippen LogP contribution in [0.15, 0.2) is 39.1 Å². The summed E-state index contributed by atoms with van der Waals surface area (Å²) in [5, 5.41) is 0.841. The largest absolute Gasteiger partial charge is 0.489 e. The monoisotopic (exact) mass is 344 g/mol. The van der Waals surface area contributed by atoms with Crippen molar-refractivity contribution in [3.63, 3.8) is 0 Å². The molecule has 0 spiro atoms. The Bertz CT molecular complexity index is 841. The number of hydrogen-bond acceptors (Lipinski definition) is 5. The van der Waals surface area contributed by atoms with Gasteiger partial charge in [-0.15, -0.1) is 0 Å². The molecule has 0 saturated carbocycles. The van der Waals surface area contributed by atoms with E-state index in [1.54, 1.807) is 13.0 Å². The van der Waals surface area contributed by atoms with Gasteiger partial charge in [0.2, 0.25) is 0 Å². The zero-order chi connectivity index (χ0) is 18.4. The first-order valence-electron chi connectivity index (χ1n) is 8.40. The maximum absolute atomic E-state index is 12.3. The Morgan fingerprint density at radius 3 is 2.72 bits per heavy atom. The number of allylic oxidation sites excluding steroid dienone is 1. The van der Waals surface area contributed by atoms with Crippen molar-refractivity contribution in [1.82, 2.24) is 0 Å². The zero-order valence-electron chi connectivity index (χ0n) is 15.2. The van der Waals surface area contributed by atoms with Gasteiger partial charge in [-0.2, -0.15) is 0 Å². The predicted octanol–water partition coefficient (Wildman–Crippen LogP) is 3.94. The second-order valence-corrected chi connectivity index (χ2v) is 6.05. The van der Waals surface area contributed by atoms with Crippen LogP contribution in [0.3, 0.4) is 0 Å². The number of carbonyl (C=O) groups excluding carboxylic acids is 1. The van der Waals surface area contributed by atoms with Crippen molar-refractivity contribution in [3.05, 3.63) is 51.4 Å². The lowest BCUT2D eigenvalue weighted by Crippen LogP contribution is -2.13. The van der Waals surface area contributed by atoms with Crippen LogP contribution in [0, 0.1) is 6.92 Å². The molecule has 0 saturated heterocycles. The molecule has 0 atom stereocenters. The molecule has 2 aromatic rings. The fraction of sp³-hybridized carbons (Fsp3) is 0.400. The molecule has 0 aliphatic heterocycles. The molecular formula is C20H24O5. The lowest BCUT2D eigenvalue weighted by Gasteiger charge is -2.09. The number of carbonyl (C=O) groups is 1. The van der Waals surface area contributed by atoms with Crippen molar-refractivity contribution in [2.75, 3.05) is 13.2 Å². The van der Waals surface area contributed by atoms with Gasteiger partial charge in [0.05, 0.1) is 6.61 Å². The minimum atomic E-state index is -0.421. The lowest BCUT2D eigenvalue weighted by atomic mass is 10.0. The van der Waals surface area contributed by atoms with Crippen molar-refractivity contribution in [2.45, 2.75) is 40.5 Å². The van der Waals surface area contributed by atoms with Crippen LogP contribution >= 0.6 is 0 Å². The standard InChI is InChI=1S/C20H24O5/c1-5-23-19(21)9-8-17-14(4)16-7-6-15(24-11-10-13(2)3)12-18(16)25-20(17)22/h6-7,10,12H,5,8-9,11H2,1-4H3. The summed E-state index contributed by atoms with van der Waals surface area (Å²) in [7, 11) is 0. The molecule has 1 aromatic carbocycles. The van der Waals surface area contributed by atoms with Crippen LogP contribution < -0.4 is 10.4 Å². The maximum atomic E-state index is 12.3. The maximum Gasteiger partial charge on any atom is 0.339 e. The molecule has 0 radical (unpaired) electrons. The Hall–Kier alpha value is -2.56. The lowest BCUT2D eigenvalue weighted by molar-refractivity contribution is -0.143. The minimum absolute atomic E-state index is 0.162. The van der Waals surface area contributed by atoms with E-state index in [4.69, 9.17) is 13.9 Å². The molecule has 5 heteroatoms. The van der Waals surface area contributed by atoms with Gasteiger partial charge in [0.1, 0.15) is 17.9 Å². The summed E-state index contributed by atoms with van der Waals surface area (Å²) < 4.78 is 16.0. The number of hydrogen-bond donors (Lipinski definition) is 0. The molecule has 1 aromatic heterocycles. The van der Waals surface area contributed by atoms with Gasteiger partial charge in [0.25, 0.3) is 0 Å². The average Bonchev–Trinajstić information content (AvgIpc) is 2.54. The molecule has 0 aliphatic carbocycles. The van der Waals surface area contributed by atoms with Crippen molar-refractivity contribution >= 4 is 16.9 Å². The first-order chi connectivity index (χ1) is 11.9. The van der Waals surface area contributed by atoms with Crippen LogP contribution in [-0.4, -0.2) is 19.2 Å². The van der Waals surface area contributed by atoms with E-state index in [-0.39, 0.29) is 12.4 Å². The van der Waals surface area contributed by atoms with Gasteiger partial charge in [-0.05, 0) is 57.9 Å². The summed E-state index contributed by atoms with van der Waals surface area (Å²) in [4.78, 5) is 23.8. The Kier molecular flexibility index (Phi) is 6.39. The third kappa shape index (κ3) is 4.95. The topological polar surface area (TPSA) is 65.7 Å². The van der Waals surface area contributed by atoms with Gasteiger partial charge in [-0.1, -0.05) is 5.57 Å². The van der Waals surface area contributed by atoms with Gasteiger partial charge >= 0.3 is 11.6 Å². The van der Waals surface area contributed by atoms with Gasteiger partial charge in [-0.25, -0.2) is 4.79 Å². The molecular weight excluding hydrogens is 320 g/mol. The molecule has 134 valence electrons. The first kappa shape index (κ1) is 18.8. The summed E-state index contributed by atoms with van der Waals surface area (Å²) in [6, 6.07) is 5.44. The molecule has 0 fully saturated rings. The van der Waals surface area contributed by atoms with Gasteiger partial charge in [-0.3, -0.25) is 4.79 Å². The van der Waals surface area contributed by atoms with Gasteiger partial charge in [0.15, 0.2) is 0 Å². The Morgan fingerprint density at radius 1 is 1.28 bits per heavy atom. The molecule has 0 aliphatic rings. The number of esters is 1. The molecule has 1 heterocycles. The van der Waals surface area contributed by atoms with E-state index in [1.165, 1.54) is 5.57 Å². The zero-order valence-corrected chi connectivity index (χ0v) is 15.2. The first-order valence-corrected chi connectivity index (χ1v) is 8.40. The van der Waals surface area contributed by atoms with Crippen LogP contribution in [0.2, 0.25) is 0 Å². The highest BCUT2D eigenvalue weighted by Gasteiger charge is 2.14. The number of rotatable bonds is 7. The Labute approximate surface area is 147 Å². The fourth-order valence-electron chi connectivity index (χ4n) is 2.52. The number of fused-ring (bicyclic) bond motifs is 1. The number of ether oxygens (including phenoxy) is 2. The van der Waals surface area contributed by atoms with E-state index in [2.05, 4.69) is 0 Å². The van der Waals surface area contributed by atoms with E-state index in [1.807, 2.05) is 39.0 Å². The molecule has 2 rings (SSSR count). The van der Waals surface area contributed by atoms with E-state index in [0.717, 1.165) is 10.9 Å². The van der Waals surface area contributed by atoms with Crippen LogP contribution in [0.4, 0.5) is 0 Å². The highest BCUT2D eigenvalue weighted by molar-refractivity contribution is 5.82. The Balaban J connectivity index is 2.25. The molecule has 0 unspecified atom stereocenters. The van der Waals surface area contributed by atoms with E-state index < -0.39 is 5.63 Å². The van der Waals surface area contributed by atoms with Crippen LogP contribution in [0.25, 0.3) is 11.0 Å². The normalized spacial score (nSPS) is 10.6. The fourth-order valence-corrected chi connectivity index (χ4v) is 2.52. The number of benzene rings is 1. The smallest absolute Gasteiger partial charge is 0.339 e. The van der Waals surface area contributed by atoms with Crippen LogP contribution in [-0.2, 0) is 16.0 Å². The molecule has 0 amide bonds. The van der Waals surface area contributed by atoms with Gasteiger partial charge in [0, 0.05) is 23.4 Å². The van der Waals surface area contributed by atoms with E-state index in [9.17, 15) is 9.59 Å². The second kappa shape index (κ2) is 8.51.